The van der Waals surface area contributed by atoms with Gasteiger partial charge in [-0.3, -0.25) is 0 Å². The van der Waals surface area contributed by atoms with Gasteiger partial charge < -0.3 is 10.4 Å². The monoisotopic (exact) mass is 255 g/mol. The lowest BCUT2D eigenvalue weighted by Crippen LogP contribution is -2.26. The molecule has 0 heterocycles. The molecule has 3 heteroatoms. The maximum Gasteiger partial charge on any atom is 0.0453 e. The Hall–Kier alpha value is -0.570. The summed E-state index contributed by atoms with van der Waals surface area (Å²) in [6.07, 6.45) is 1.95. The van der Waals surface area contributed by atoms with E-state index in [1.54, 1.807) is 0 Å². The van der Waals surface area contributed by atoms with Crippen LogP contribution in [0.15, 0.2) is 24.3 Å². The minimum atomic E-state index is 0.247. The SMILES string of the molecule is CCC(CCO)CNC(C)c1ccccc1Cl. The molecule has 0 aliphatic heterocycles. The Labute approximate surface area is 109 Å². The summed E-state index contributed by atoms with van der Waals surface area (Å²) in [5.41, 5.74) is 1.13. The predicted octanol–water partition coefficient (Wildman–Crippen LogP) is 3.40. The lowest BCUT2D eigenvalue weighted by Gasteiger charge is -2.20. The van der Waals surface area contributed by atoms with Crippen LogP contribution in [0.4, 0.5) is 0 Å². The van der Waals surface area contributed by atoms with Crippen LogP contribution in [-0.4, -0.2) is 18.3 Å². The molecule has 17 heavy (non-hydrogen) atoms. The molecule has 0 amide bonds. The first-order chi connectivity index (χ1) is 8.19. The third-order valence-electron chi connectivity index (χ3n) is 3.20. The van der Waals surface area contributed by atoms with Crippen molar-refractivity contribution in [3.05, 3.63) is 34.9 Å². The van der Waals surface area contributed by atoms with E-state index in [9.17, 15) is 0 Å². The molecule has 2 atom stereocenters. The van der Waals surface area contributed by atoms with Gasteiger partial charge >= 0.3 is 0 Å². The zero-order chi connectivity index (χ0) is 12.7. The summed E-state index contributed by atoms with van der Waals surface area (Å²) in [4.78, 5) is 0. The van der Waals surface area contributed by atoms with Crippen LogP contribution >= 0.6 is 11.6 Å². The number of benzene rings is 1. The second-order valence-electron chi connectivity index (χ2n) is 4.44. The normalized spacial score (nSPS) is 14.6. The molecule has 2 unspecified atom stereocenters. The van der Waals surface area contributed by atoms with Crippen LogP contribution in [0.5, 0.6) is 0 Å². The van der Waals surface area contributed by atoms with E-state index in [1.165, 1.54) is 0 Å². The third kappa shape index (κ3) is 4.66. The van der Waals surface area contributed by atoms with Crippen LogP contribution in [-0.2, 0) is 0 Å². The van der Waals surface area contributed by atoms with E-state index in [4.69, 9.17) is 16.7 Å². The summed E-state index contributed by atoms with van der Waals surface area (Å²) < 4.78 is 0. The van der Waals surface area contributed by atoms with Crippen LogP contribution in [0, 0.1) is 5.92 Å². The van der Waals surface area contributed by atoms with Crippen molar-refractivity contribution in [2.24, 2.45) is 5.92 Å². The molecular formula is C14H22ClNO. The molecule has 0 saturated heterocycles. The molecule has 0 aliphatic rings. The van der Waals surface area contributed by atoms with Gasteiger partial charge in [-0.2, -0.15) is 0 Å². The molecule has 1 rings (SSSR count). The highest BCUT2D eigenvalue weighted by Gasteiger charge is 2.11. The van der Waals surface area contributed by atoms with Gasteiger partial charge in [0, 0.05) is 17.7 Å². The summed E-state index contributed by atoms with van der Waals surface area (Å²) in [5, 5.41) is 13.2. The molecule has 2 nitrogen and oxygen atoms in total. The first-order valence-corrected chi connectivity index (χ1v) is 6.65. The molecule has 0 fully saturated rings. The second-order valence-corrected chi connectivity index (χ2v) is 4.85. The molecule has 0 saturated carbocycles. The standard InChI is InChI=1S/C14H22ClNO/c1-3-12(8-9-17)10-16-11(2)13-6-4-5-7-14(13)15/h4-7,11-12,16-17H,3,8-10H2,1-2H3. The molecule has 0 bridgehead atoms. The maximum atomic E-state index is 8.95. The van der Waals surface area contributed by atoms with Crippen LogP contribution in [0.3, 0.4) is 0 Å². The first-order valence-electron chi connectivity index (χ1n) is 6.27. The van der Waals surface area contributed by atoms with Crippen LogP contribution in [0.2, 0.25) is 5.02 Å². The Morgan fingerprint density at radius 2 is 2.06 bits per heavy atom. The predicted molar refractivity (Wildman–Crippen MR) is 73.4 cm³/mol. The number of hydrogen-bond donors (Lipinski definition) is 2. The van der Waals surface area contributed by atoms with Crippen molar-refractivity contribution in [2.75, 3.05) is 13.2 Å². The minimum Gasteiger partial charge on any atom is -0.396 e. The summed E-state index contributed by atoms with van der Waals surface area (Å²) in [6.45, 7) is 5.46. The van der Waals surface area contributed by atoms with Gasteiger partial charge in [0.25, 0.3) is 0 Å². The third-order valence-corrected chi connectivity index (χ3v) is 3.54. The van der Waals surface area contributed by atoms with E-state index >= 15 is 0 Å². The number of nitrogens with one attached hydrogen (secondary N) is 1. The van der Waals surface area contributed by atoms with Gasteiger partial charge in [-0.1, -0.05) is 43.1 Å². The molecule has 0 aromatic heterocycles. The Bertz CT molecular complexity index is 330. The van der Waals surface area contributed by atoms with Crippen molar-refractivity contribution in [3.63, 3.8) is 0 Å². The fourth-order valence-corrected chi connectivity index (χ4v) is 2.21. The Morgan fingerprint density at radius 3 is 2.65 bits per heavy atom. The average molecular weight is 256 g/mol. The molecule has 2 N–H and O–H groups in total. The van der Waals surface area contributed by atoms with Gasteiger partial charge in [-0.25, -0.2) is 0 Å². The van der Waals surface area contributed by atoms with Crippen LogP contribution in [0.25, 0.3) is 0 Å². The zero-order valence-corrected chi connectivity index (χ0v) is 11.4. The highest BCUT2D eigenvalue weighted by atomic mass is 35.5. The van der Waals surface area contributed by atoms with Gasteiger partial charge in [-0.05, 0) is 37.4 Å². The Kier molecular flexibility index (Phi) is 6.56. The molecule has 0 spiro atoms. The largest absolute Gasteiger partial charge is 0.396 e. The maximum absolute atomic E-state index is 8.95. The van der Waals surface area contributed by atoms with Crippen molar-refractivity contribution < 1.29 is 5.11 Å². The van der Waals surface area contributed by atoms with Gasteiger partial charge in [0.2, 0.25) is 0 Å². The van der Waals surface area contributed by atoms with Crippen molar-refractivity contribution in [1.82, 2.24) is 5.32 Å². The number of aliphatic hydroxyl groups is 1. The number of halogens is 1. The molecule has 96 valence electrons. The fraction of sp³-hybridized carbons (Fsp3) is 0.571. The number of rotatable bonds is 7. The zero-order valence-electron chi connectivity index (χ0n) is 10.6. The Morgan fingerprint density at radius 1 is 1.35 bits per heavy atom. The molecule has 0 aliphatic carbocycles. The minimum absolute atomic E-state index is 0.247. The molecule has 1 aromatic rings. The molecule has 1 aromatic carbocycles. The van der Waals surface area contributed by atoms with Gasteiger partial charge in [0.15, 0.2) is 0 Å². The van der Waals surface area contributed by atoms with E-state index in [0.29, 0.717) is 5.92 Å². The van der Waals surface area contributed by atoms with Crippen molar-refractivity contribution >= 4 is 11.6 Å². The van der Waals surface area contributed by atoms with Crippen molar-refractivity contribution in [3.8, 4) is 0 Å². The van der Waals surface area contributed by atoms with Gasteiger partial charge in [-0.15, -0.1) is 0 Å². The molecular weight excluding hydrogens is 234 g/mol. The highest BCUT2D eigenvalue weighted by Crippen LogP contribution is 2.22. The highest BCUT2D eigenvalue weighted by molar-refractivity contribution is 6.31. The van der Waals surface area contributed by atoms with Gasteiger partial charge in [0.1, 0.15) is 0 Å². The number of hydrogen-bond acceptors (Lipinski definition) is 2. The quantitative estimate of drug-likeness (QED) is 0.783. The van der Waals surface area contributed by atoms with E-state index in [0.717, 1.165) is 30.0 Å². The molecule has 0 radical (unpaired) electrons. The van der Waals surface area contributed by atoms with E-state index in [1.807, 2.05) is 24.3 Å². The summed E-state index contributed by atoms with van der Waals surface area (Å²) >= 11 is 6.15. The van der Waals surface area contributed by atoms with E-state index in [-0.39, 0.29) is 12.6 Å². The number of aliphatic hydroxyl groups excluding tert-OH is 1. The topological polar surface area (TPSA) is 32.3 Å². The van der Waals surface area contributed by atoms with Crippen LogP contribution < -0.4 is 5.32 Å². The average Bonchev–Trinajstić information content (AvgIpc) is 2.34. The van der Waals surface area contributed by atoms with Crippen LogP contribution in [0.1, 0.15) is 38.3 Å². The van der Waals surface area contributed by atoms with Crippen molar-refractivity contribution in [2.45, 2.75) is 32.7 Å². The Balaban J connectivity index is 2.49. The fourth-order valence-electron chi connectivity index (χ4n) is 1.91. The first kappa shape index (κ1) is 14.5. The van der Waals surface area contributed by atoms with Gasteiger partial charge in [0.05, 0.1) is 0 Å². The summed E-state index contributed by atoms with van der Waals surface area (Å²) in [5.74, 6) is 0.532. The lowest BCUT2D eigenvalue weighted by molar-refractivity contribution is 0.249. The smallest absolute Gasteiger partial charge is 0.0453 e. The van der Waals surface area contributed by atoms with E-state index in [2.05, 4.69) is 19.2 Å². The van der Waals surface area contributed by atoms with E-state index < -0.39 is 0 Å². The summed E-state index contributed by atoms with van der Waals surface area (Å²) in [7, 11) is 0. The lowest BCUT2D eigenvalue weighted by atomic mass is 10.0. The summed E-state index contributed by atoms with van der Waals surface area (Å²) in [6, 6.07) is 8.16. The second kappa shape index (κ2) is 7.70. The van der Waals surface area contributed by atoms with Crippen molar-refractivity contribution in [1.29, 1.82) is 0 Å².